The number of rotatable bonds is 9. The molecule has 0 fully saturated rings. The van der Waals surface area contributed by atoms with Crippen molar-refractivity contribution in [2.24, 2.45) is 5.73 Å². The normalized spacial score (nSPS) is 13.2. The fourth-order valence-electron chi connectivity index (χ4n) is 1.47. The van der Waals surface area contributed by atoms with E-state index in [0.717, 1.165) is 13.1 Å². The monoisotopic (exact) mass is 186 g/mol. The number of hydrogen-bond donors (Lipinski definition) is 2. The topological polar surface area (TPSA) is 38.0 Å². The fraction of sp³-hybridized carbons (Fsp3) is 1.00. The quantitative estimate of drug-likeness (QED) is 0.542. The molecule has 0 rings (SSSR count). The maximum Gasteiger partial charge on any atom is 0.0190 e. The minimum absolute atomic E-state index is 0.553. The first-order chi connectivity index (χ1) is 6.35. The number of nitrogens with one attached hydrogen (secondary N) is 1. The zero-order valence-electron chi connectivity index (χ0n) is 9.31. The first kappa shape index (κ1) is 12.9. The second-order valence-corrected chi connectivity index (χ2v) is 3.74. The van der Waals surface area contributed by atoms with E-state index in [0.29, 0.717) is 6.04 Å². The molecule has 0 bridgehead atoms. The van der Waals surface area contributed by atoms with E-state index in [1.165, 1.54) is 38.5 Å². The fourth-order valence-corrected chi connectivity index (χ4v) is 1.47. The van der Waals surface area contributed by atoms with Crippen molar-refractivity contribution in [2.45, 2.75) is 58.4 Å². The van der Waals surface area contributed by atoms with E-state index in [9.17, 15) is 0 Å². The molecular weight excluding hydrogens is 160 g/mol. The zero-order valence-corrected chi connectivity index (χ0v) is 9.31. The van der Waals surface area contributed by atoms with Crippen LogP contribution in [0.3, 0.4) is 0 Å². The summed E-state index contributed by atoms with van der Waals surface area (Å²) < 4.78 is 0. The summed E-state index contributed by atoms with van der Waals surface area (Å²) in [6.07, 6.45) is 7.82. The summed E-state index contributed by atoms with van der Waals surface area (Å²) >= 11 is 0. The maximum atomic E-state index is 5.67. The Morgan fingerprint density at radius 2 is 1.85 bits per heavy atom. The highest BCUT2D eigenvalue weighted by atomic mass is 14.9. The summed E-state index contributed by atoms with van der Waals surface area (Å²) in [5.41, 5.74) is 5.67. The van der Waals surface area contributed by atoms with Crippen molar-refractivity contribution in [3.63, 3.8) is 0 Å². The number of hydrogen-bond acceptors (Lipinski definition) is 2. The van der Waals surface area contributed by atoms with Gasteiger partial charge in [-0.25, -0.2) is 0 Å². The molecule has 13 heavy (non-hydrogen) atoms. The van der Waals surface area contributed by atoms with Crippen LogP contribution in [0, 0.1) is 0 Å². The van der Waals surface area contributed by atoms with Crippen molar-refractivity contribution in [1.82, 2.24) is 5.32 Å². The first-order valence-corrected chi connectivity index (χ1v) is 5.78. The molecule has 0 aliphatic rings. The Bertz CT molecular complexity index is 94.1. The summed E-state index contributed by atoms with van der Waals surface area (Å²) in [6, 6.07) is 0.553. The van der Waals surface area contributed by atoms with Crippen LogP contribution in [0.4, 0.5) is 0 Å². The van der Waals surface area contributed by atoms with E-state index in [2.05, 4.69) is 19.2 Å². The molecule has 0 aromatic carbocycles. The van der Waals surface area contributed by atoms with Crippen LogP contribution in [0.2, 0.25) is 0 Å². The maximum absolute atomic E-state index is 5.67. The van der Waals surface area contributed by atoms with E-state index in [1.54, 1.807) is 0 Å². The Kier molecular flexibility index (Phi) is 9.94. The molecular formula is C11H26N2. The molecule has 0 spiro atoms. The number of nitrogens with two attached hydrogens (primary N) is 1. The lowest BCUT2D eigenvalue weighted by Gasteiger charge is -2.15. The molecule has 0 radical (unpaired) electrons. The van der Waals surface area contributed by atoms with Gasteiger partial charge < -0.3 is 11.1 Å². The third-order valence-corrected chi connectivity index (χ3v) is 2.37. The molecule has 3 N–H and O–H groups in total. The molecule has 0 amide bonds. The van der Waals surface area contributed by atoms with Gasteiger partial charge in [-0.15, -0.1) is 0 Å². The van der Waals surface area contributed by atoms with Gasteiger partial charge in [0, 0.05) is 12.6 Å². The summed E-state index contributed by atoms with van der Waals surface area (Å²) in [4.78, 5) is 0. The summed E-state index contributed by atoms with van der Waals surface area (Å²) in [7, 11) is 0. The van der Waals surface area contributed by atoms with Crippen LogP contribution in [0.1, 0.15) is 52.4 Å². The van der Waals surface area contributed by atoms with E-state index in [1.807, 2.05) is 0 Å². The molecule has 0 aromatic rings. The highest BCUT2D eigenvalue weighted by molar-refractivity contribution is 4.66. The van der Waals surface area contributed by atoms with Gasteiger partial charge in [0.25, 0.3) is 0 Å². The van der Waals surface area contributed by atoms with Gasteiger partial charge in [-0.2, -0.15) is 0 Å². The Hall–Kier alpha value is -0.0800. The third-order valence-electron chi connectivity index (χ3n) is 2.37. The molecule has 0 saturated heterocycles. The Morgan fingerprint density at radius 3 is 2.38 bits per heavy atom. The van der Waals surface area contributed by atoms with E-state index >= 15 is 0 Å². The van der Waals surface area contributed by atoms with Gasteiger partial charge in [-0.3, -0.25) is 0 Å². The van der Waals surface area contributed by atoms with Crippen LogP contribution in [-0.4, -0.2) is 19.1 Å². The Labute approximate surface area is 83.3 Å². The average molecular weight is 186 g/mol. The highest BCUT2D eigenvalue weighted by Crippen LogP contribution is 2.04. The van der Waals surface area contributed by atoms with Gasteiger partial charge in [0.1, 0.15) is 0 Å². The van der Waals surface area contributed by atoms with Crippen molar-refractivity contribution >= 4 is 0 Å². The average Bonchev–Trinajstić information content (AvgIpc) is 2.17. The van der Waals surface area contributed by atoms with E-state index < -0.39 is 0 Å². The number of unbranched alkanes of at least 4 members (excludes halogenated alkanes) is 3. The zero-order chi connectivity index (χ0) is 9.94. The predicted molar refractivity (Wildman–Crippen MR) is 59.9 cm³/mol. The second-order valence-electron chi connectivity index (χ2n) is 3.74. The van der Waals surface area contributed by atoms with Crippen molar-refractivity contribution < 1.29 is 0 Å². The largest absolute Gasteiger partial charge is 0.329 e. The van der Waals surface area contributed by atoms with Gasteiger partial charge in [0.05, 0.1) is 0 Å². The molecule has 2 nitrogen and oxygen atoms in total. The minimum Gasteiger partial charge on any atom is -0.329 e. The smallest absolute Gasteiger partial charge is 0.0190 e. The minimum atomic E-state index is 0.553. The van der Waals surface area contributed by atoms with Crippen molar-refractivity contribution in [2.75, 3.05) is 13.1 Å². The molecule has 0 saturated carbocycles. The lowest BCUT2D eigenvalue weighted by molar-refractivity contribution is 0.462. The standard InChI is InChI=1S/C11H26N2/c1-3-5-6-7-8-11(10-12)13-9-4-2/h11,13H,3-10,12H2,1-2H3. The molecule has 0 aliphatic carbocycles. The van der Waals surface area contributed by atoms with E-state index in [4.69, 9.17) is 5.73 Å². The van der Waals surface area contributed by atoms with Crippen LogP contribution in [0.15, 0.2) is 0 Å². The van der Waals surface area contributed by atoms with Gasteiger partial charge in [-0.1, -0.05) is 39.5 Å². The highest BCUT2D eigenvalue weighted by Gasteiger charge is 2.03. The third kappa shape index (κ3) is 8.26. The van der Waals surface area contributed by atoms with Crippen LogP contribution in [-0.2, 0) is 0 Å². The van der Waals surface area contributed by atoms with Gasteiger partial charge in [0.2, 0.25) is 0 Å². The van der Waals surface area contributed by atoms with Crippen molar-refractivity contribution in [3.8, 4) is 0 Å². The first-order valence-electron chi connectivity index (χ1n) is 5.78. The Balaban J connectivity index is 3.25. The van der Waals surface area contributed by atoms with Crippen molar-refractivity contribution in [3.05, 3.63) is 0 Å². The molecule has 1 atom stereocenters. The molecule has 80 valence electrons. The van der Waals surface area contributed by atoms with Gasteiger partial charge in [0.15, 0.2) is 0 Å². The summed E-state index contributed by atoms with van der Waals surface area (Å²) in [5.74, 6) is 0. The Morgan fingerprint density at radius 1 is 1.08 bits per heavy atom. The van der Waals surface area contributed by atoms with Crippen LogP contribution in [0.25, 0.3) is 0 Å². The molecule has 2 heteroatoms. The molecule has 0 aliphatic heterocycles. The van der Waals surface area contributed by atoms with Crippen LogP contribution < -0.4 is 11.1 Å². The second kappa shape index (κ2) is 10.0. The molecule has 1 unspecified atom stereocenters. The van der Waals surface area contributed by atoms with E-state index in [-0.39, 0.29) is 0 Å². The molecule has 0 aromatic heterocycles. The van der Waals surface area contributed by atoms with Gasteiger partial charge >= 0.3 is 0 Å². The van der Waals surface area contributed by atoms with Crippen LogP contribution in [0.5, 0.6) is 0 Å². The lowest BCUT2D eigenvalue weighted by Crippen LogP contribution is -2.36. The summed E-state index contributed by atoms with van der Waals surface area (Å²) in [5, 5.41) is 3.47. The van der Waals surface area contributed by atoms with Crippen molar-refractivity contribution in [1.29, 1.82) is 0 Å². The van der Waals surface area contributed by atoms with Gasteiger partial charge in [-0.05, 0) is 19.4 Å². The van der Waals surface area contributed by atoms with Crippen LogP contribution >= 0.6 is 0 Å². The molecule has 0 heterocycles. The lowest BCUT2D eigenvalue weighted by atomic mass is 10.1. The summed E-state index contributed by atoms with van der Waals surface area (Å²) in [6.45, 7) is 6.33. The predicted octanol–water partition coefficient (Wildman–Crippen LogP) is 2.28. The SMILES string of the molecule is CCCCCCC(CN)NCCC.